The third-order valence-corrected chi connectivity index (χ3v) is 0. The second-order valence-corrected chi connectivity index (χ2v) is 0. The van der Waals surface area contributed by atoms with E-state index in [9.17, 15) is 0 Å². The molecule has 0 spiro atoms. The minimum atomic E-state index is 0. The predicted molar refractivity (Wildman–Crippen MR) is 34.4 cm³/mol. The zero-order chi connectivity index (χ0) is 0. The summed E-state index contributed by atoms with van der Waals surface area (Å²) in [6.45, 7) is 0. The Morgan fingerprint density at radius 1 is 0.400 bits per heavy atom. The normalized spacial score (nSPS) is 0. The van der Waals surface area contributed by atoms with E-state index in [0.717, 1.165) is 0 Å². The van der Waals surface area contributed by atoms with Crippen molar-refractivity contribution in [3.8, 4) is 0 Å². The van der Waals surface area contributed by atoms with E-state index >= 15 is 0 Å². The van der Waals surface area contributed by atoms with Crippen LogP contribution < -0.4 is 0 Å². The van der Waals surface area contributed by atoms with Crippen LogP contribution in [0.4, 0.5) is 0 Å². The molecule has 0 unspecified atom stereocenters. The summed E-state index contributed by atoms with van der Waals surface area (Å²) in [5.74, 6) is 0. The molecule has 0 fully saturated rings. The fourth-order valence-electron chi connectivity index (χ4n) is 0. The topological polar surface area (TPSA) is 0 Å². The standard InChI is InChI=1S/3Pb.2Sn.4H. The summed E-state index contributed by atoms with van der Waals surface area (Å²) in [6, 6.07) is 0. The summed E-state index contributed by atoms with van der Waals surface area (Å²) in [6.07, 6.45) is 0. The van der Waals surface area contributed by atoms with E-state index in [4.69, 9.17) is 0 Å². The van der Waals surface area contributed by atoms with Crippen LogP contribution in [0.15, 0.2) is 0 Å². The monoisotopic (exact) mass is 868 g/mol. The first-order valence-electron chi connectivity index (χ1n) is 0. The molecular weight excluding hydrogens is 859 g/mol. The molecule has 0 N–H and O–H groups in total. The maximum absolute atomic E-state index is 0. The van der Waals surface area contributed by atoms with E-state index in [1.54, 1.807) is 0 Å². The molecule has 5 heavy (non-hydrogen) atoms. The Morgan fingerprint density at radius 2 is 0.400 bits per heavy atom. The van der Waals surface area contributed by atoms with Crippen LogP contribution in [0.5, 0.6) is 0 Å². The van der Waals surface area contributed by atoms with Crippen LogP contribution in [0.3, 0.4) is 0 Å². The van der Waals surface area contributed by atoms with Crippen molar-refractivity contribution in [3.63, 3.8) is 0 Å². The van der Waals surface area contributed by atoms with Crippen molar-refractivity contribution in [3.05, 3.63) is 0 Å². The van der Waals surface area contributed by atoms with Crippen molar-refractivity contribution in [2.75, 3.05) is 0 Å². The Balaban J connectivity index is 0. The summed E-state index contributed by atoms with van der Waals surface area (Å²) in [5, 5.41) is 0. The molecule has 0 aromatic rings. The Labute approximate surface area is 126 Å². The second kappa shape index (κ2) is 23.8. The van der Waals surface area contributed by atoms with Crippen LogP contribution in [0.2, 0.25) is 0 Å². The molecule has 0 aliphatic heterocycles. The van der Waals surface area contributed by atoms with E-state index in [2.05, 4.69) is 0 Å². The molecule has 5 heteroatoms. The average molecular weight is 863 g/mol. The van der Waals surface area contributed by atoms with Crippen LogP contribution in [-0.4, -0.2) is 130 Å². The van der Waals surface area contributed by atoms with Crippen molar-refractivity contribution >= 4 is 130 Å². The van der Waals surface area contributed by atoms with Gasteiger partial charge in [-0.05, 0) is 0 Å². The molecule has 0 saturated carbocycles. The van der Waals surface area contributed by atoms with Crippen LogP contribution >= 0.6 is 0 Å². The molecule has 0 aliphatic carbocycles. The molecule has 0 aliphatic rings. The van der Waals surface area contributed by atoms with Gasteiger partial charge >= 0.3 is 47.8 Å². The molecule has 0 rings (SSSR count). The van der Waals surface area contributed by atoms with Crippen molar-refractivity contribution in [1.29, 1.82) is 0 Å². The minimum absolute atomic E-state index is 0. The van der Waals surface area contributed by atoms with Gasteiger partial charge in [0.05, 0.1) is 0 Å². The molecule has 0 aromatic carbocycles. The third-order valence-electron chi connectivity index (χ3n) is 0. The second-order valence-electron chi connectivity index (χ2n) is 0. The van der Waals surface area contributed by atoms with Crippen LogP contribution in [0, 0.1) is 0 Å². The van der Waals surface area contributed by atoms with E-state index in [1.807, 2.05) is 0 Å². The molecule has 0 aromatic heterocycles. The molecule has 0 bridgehead atoms. The molecule has 0 heterocycles. The van der Waals surface area contributed by atoms with Gasteiger partial charge in [-0.15, -0.1) is 0 Å². The summed E-state index contributed by atoms with van der Waals surface area (Å²) >= 11 is 0. The van der Waals surface area contributed by atoms with Crippen LogP contribution in [0.1, 0.15) is 0 Å². The zero-order valence-corrected chi connectivity index (χ0v) is 22.6. The summed E-state index contributed by atoms with van der Waals surface area (Å²) < 4.78 is 0. The summed E-state index contributed by atoms with van der Waals surface area (Å²) in [4.78, 5) is 0. The van der Waals surface area contributed by atoms with Gasteiger partial charge < -0.3 is 0 Å². The van der Waals surface area contributed by atoms with E-state index in [-0.39, 0.29) is 130 Å². The quantitative estimate of drug-likeness (QED) is 0.229. The number of rotatable bonds is 0. The van der Waals surface area contributed by atoms with Gasteiger partial charge in [0.1, 0.15) is 0 Å². The van der Waals surface area contributed by atoms with Gasteiger partial charge in [0.2, 0.25) is 0 Å². The van der Waals surface area contributed by atoms with Crippen LogP contribution in [-0.2, 0) is 0 Å². The Hall–Kier alpha value is 4.36. The first kappa shape index (κ1) is 34.4. The number of hydrogen-bond acceptors (Lipinski definition) is 0. The molecule has 16 radical (unpaired) electrons. The van der Waals surface area contributed by atoms with Gasteiger partial charge in [-0.1, -0.05) is 0 Å². The Morgan fingerprint density at radius 3 is 0.400 bits per heavy atom. The van der Waals surface area contributed by atoms with Crippen molar-refractivity contribution in [2.45, 2.75) is 0 Å². The van der Waals surface area contributed by atoms with E-state index < -0.39 is 0 Å². The number of hydrogen-bond donors (Lipinski definition) is 0. The van der Waals surface area contributed by atoms with Gasteiger partial charge in [0.15, 0.2) is 0 Å². The zero-order valence-electron chi connectivity index (χ0n) is 2.91. The Bertz CT molecular complexity index is 4.85. The summed E-state index contributed by atoms with van der Waals surface area (Å²) in [7, 11) is 0. The van der Waals surface area contributed by atoms with Gasteiger partial charge in [0.25, 0.3) is 0 Å². The average Bonchev–Trinajstić information content (AvgIpc) is 0. The SMILES string of the molecule is [Pb].[Pb].[Pb].[SnH2].[SnH2]. The van der Waals surface area contributed by atoms with Crippen molar-refractivity contribution in [1.82, 2.24) is 0 Å². The molecular formula is H4Pb3Sn2. The van der Waals surface area contributed by atoms with Crippen molar-refractivity contribution in [2.24, 2.45) is 0 Å². The molecule has 0 saturated heterocycles. The fourth-order valence-corrected chi connectivity index (χ4v) is 0. The molecule has 24 valence electrons. The van der Waals surface area contributed by atoms with Crippen molar-refractivity contribution < 1.29 is 0 Å². The fraction of sp³-hybridized carbons (Fsp3) is 0. The van der Waals surface area contributed by atoms with Gasteiger partial charge in [0, 0.05) is 81.9 Å². The third kappa shape index (κ3) is 17.8. The summed E-state index contributed by atoms with van der Waals surface area (Å²) in [5.41, 5.74) is 0. The maximum atomic E-state index is 0. The first-order chi connectivity index (χ1) is 0. The molecule has 0 nitrogen and oxygen atoms in total. The van der Waals surface area contributed by atoms with Gasteiger partial charge in [-0.3, -0.25) is 0 Å². The van der Waals surface area contributed by atoms with E-state index in [0.29, 0.717) is 0 Å². The molecule has 0 atom stereocenters. The van der Waals surface area contributed by atoms with Crippen LogP contribution in [0.25, 0.3) is 0 Å². The predicted octanol–water partition coefficient (Wildman–Crippen LogP) is -2.97. The first-order valence-corrected chi connectivity index (χ1v) is 0. The van der Waals surface area contributed by atoms with Gasteiger partial charge in [-0.25, -0.2) is 0 Å². The Kier molecular flexibility index (Phi) is 164. The van der Waals surface area contributed by atoms with Gasteiger partial charge in [-0.2, -0.15) is 0 Å². The van der Waals surface area contributed by atoms with E-state index in [1.165, 1.54) is 0 Å². The molecule has 0 amide bonds.